The number of rotatable bonds is 3. The van der Waals surface area contributed by atoms with Gasteiger partial charge in [0.25, 0.3) is 0 Å². The summed E-state index contributed by atoms with van der Waals surface area (Å²) >= 11 is 0. The summed E-state index contributed by atoms with van der Waals surface area (Å²) in [4.78, 5) is 4.47. The molecule has 0 unspecified atom stereocenters. The van der Waals surface area contributed by atoms with E-state index in [1.165, 1.54) is 12.8 Å². The molecule has 1 saturated carbocycles. The largest absolute Gasteiger partial charge is 0.382 e. The Balaban J connectivity index is 2.31. The Morgan fingerprint density at radius 2 is 2.23 bits per heavy atom. The average molecular weight is 180 g/mol. The van der Waals surface area contributed by atoms with E-state index in [9.17, 15) is 0 Å². The summed E-state index contributed by atoms with van der Waals surface area (Å²) in [7, 11) is 0. The van der Waals surface area contributed by atoms with E-state index in [-0.39, 0.29) is 0 Å². The maximum atomic E-state index is 5.83. The zero-order valence-corrected chi connectivity index (χ0v) is 7.95. The van der Waals surface area contributed by atoms with Crippen molar-refractivity contribution < 1.29 is 0 Å². The highest BCUT2D eigenvalue weighted by Crippen LogP contribution is 2.39. The molecule has 0 amide bonds. The first kappa shape index (κ1) is 8.41. The fraction of sp³-hybridized carbons (Fsp3) is 0.667. The molecule has 0 saturated heterocycles. The van der Waals surface area contributed by atoms with Crippen molar-refractivity contribution in [1.82, 2.24) is 9.66 Å². The van der Waals surface area contributed by atoms with Gasteiger partial charge in [0.05, 0.1) is 5.69 Å². The SMILES string of the molecule is CCCc1nc(C2CC2)n(N)c1N. The van der Waals surface area contributed by atoms with Crippen LogP contribution in [0.15, 0.2) is 0 Å². The lowest BCUT2D eigenvalue weighted by atomic mass is 10.2. The lowest BCUT2D eigenvalue weighted by Gasteiger charge is -1.99. The molecular weight excluding hydrogens is 164 g/mol. The summed E-state index contributed by atoms with van der Waals surface area (Å²) in [6, 6.07) is 0. The van der Waals surface area contributed by atoms with Gasteiger partial charge in [-0.2, -0.15) is 0 Å². The Hall–Kier alpha value is -1.19. The quantitative estimate of drug-likeness (QED) is 0.682. The van der Waals surface area contributed by atoms with E-state index in [0.29, 0.717) is 11.7 Å². The molecule has 4 nitrogen and oxygen atoms in total. The average Bonchev–Trinajstić information content (AvgIpc) is 2.89. The van der Waals surface area contributed by atoms with Gasteiger partial charge in [-0.15, -0.1) is 0 Å². The number of anilines is 1. The minimum atomic E-state index is 0.568. The molecule has 0 aromatic carbocycles. The minimum Gasteiger partial charge on any atom is -0.382 e. The van der Waals surface area contributed by atoms with Crippen LogP contribution in [0.5, 0.6) is 0 Å². The number of imidazole rings is 1. The number of nitrogens with zero attached hydrogens (tertiary/aromatic N) is 2. The fourth-order valence-corrected chi connectivity index (χ4v) is 1.56. The minimum absolute atomic E-state index is 0.568. The van der Waals surface area contributed by atoms with Crippen LogP contribution < -0.4 is 11.6 Å². The predicted molar refractivity (Wildman–Crippen MR) is 52.8 cm³/mol. The van der Waals surface area contributed by atoms with E-state index in [2.05, 4.69) is 11.9 Å². The molecule has 1 heterocycles. The Kier molecular flexibility index (Phi) is 1.90. The van der Waals surface area contributed by atoms with Gasteiger partial charge in [0.2, 0.25) is 0 Å². The van der Waals surface area contributed by atoms with Gasteiger partial charge in [-0.25, -0.2) is 9.66 Å². The highest BCUT2D eigenvalue weighted by Gasteiger charge is 2.29. The lowest BCUT2D eigenvalue weighted by Crippen LogP contribution is -2.15. The molecule has 1 aliphatic carbocycles. The van der Waals surface area contributed by atoms with Crippen LogP contribution in [-0.4, -0.2) is 9.66 Å². The van der Waals surface area contributed by atoms with Crippen LogP contribution in [0.3, 0.4) is 0 Å². The Morgan fingerprint density at radius 3 is 2.77 bits per heavy atom. The molecule has 2 rings (SSSR count). The topological polar surface area (TPSA) is 69.9 Å². The molecule has 0 aliphatic heterocycles. The summed E-state index contributed by atoms with van der Waals surface area (Å²) < 4.78 is 1.56. The zero-order valence-electron chi connectivity index (χ0n) is 7.95. The first-order chi connectivity index (χ1) is 6.24. The molecular formula is C9H16N4. The first-order valence-corrected chi connectivity index (χ1v) is 4.86. The van der Waals surface area contributed by atoms with E-state index in [0.717, 1.165) is 24.4 Å². The van der Waals surface area contributed by atoms with Crippen LogP contribution in [0, 0.1) is 0 Å². The molecule has 0 spiro atoms. The summed E-state index contributed by atoms with van der Waals surface area (Å²) in [5.74, 6) is 7.99. The highest BCUT2D eigenvalue weighted by molar-refractivity contribution is 5.39. The van der Waals surface area contributed by atoms with Gasteiger partial charge in [-0.3, -0.25) is 0 Å². The number of hydrogen-bond donors (Lipinski definition) is 2. The molecule has 1 aliphatic rings. The number of aryl methyl sites for hydroxylation is 1. The zero-order chi connectivity index (χ0) is 9.42. The van der Waals surface area contributed by atoms with Crippen LogP contribution in [-0.2, 0) is 6.42 Å². The molecule has 1 aromatic rings. The van der Waals surface area contributed by atoms with Crippen molar-refractivity contribution in [1.29, 1.82) is 0 Å². The Morgan fingerprint density at radius 1 is 1.54 bits per heavy atom. The summed E-state index contributed by atoms with van der Waals surface area (Å²) in [5.41, 5.74) is 6.80. The van der Waals surface area contributed by atoms with Crippen molar-refractivity contribution in [2.45, 2.75) is 38.5 Å². The summed E-state index contributed by atoms with van der Waals surface area (Å²) in [5, 5.41) is 0. The van der Waals surface area contributed by atoms with Crippen LogP contribution in [0.25, 0.3) is 0 Å². The Bertz CT molecular complexity index is 312. The van der Waals surface area contributed by atoms with E-state index in [4.69, 9.17) is 11.6 Å². The second kappa shape index (κ2) is 2.94. The summed E-state index contributed by atoms with van der Waals surface area (Å²) in [6.07, 6.45) is 4.40. The van der Waals surface area contributed by atoms with Crippen LogP contribution in [0.4, 0.5) is 5.82 Å². The third kappa shape index (κ3) is 1.36. The second-order valence-corrected chi connectivity index (χ2v) is 3.70. The predicted octanol–water partition coefficient (Wildman–Crippen LogP) is 1.01. The van der Waals surface area contributed by atoms with Crippen molar-refractivity contribution in [3.63, 3.8) is 0 Å². The number of aromatic nitrogens is 2. The fourth-order valence-electron chi connectivity index (χ4n) is 1.56. The van der Waals surface area contributed by atoms with Crippen molar-refractivity contribution in [3.05, 3.63) is 11.5 Å². The van der Waals surface area contributed by atoms with Crippen LogP contribution >= 0.6 is 0 Å². The van der Waals surface area contributed by atoms with Crippen LogP contribution in [0.1, 0.15) is 43.6 Å². The molecule has 0 bridgehead atoms. The first-order valence-electron chi connectivity index (χ1n) is 4.86. The third-order valence-corrected chi connectivity index (χ3v) is 2.48. The molecule has 1 fully saturated rings. The number of nitrogens with two attached hydrogens (primary N) is 2. The summed E-state index contributed by atoms with van der Waals surface area (Å²) in [6.45, 7) is 2.12. The highest BCUT2D eigenvalue weighted by atomic mass is 15.4. The van der Waals surface area contributed by atoms with E-state index < -0.39 is 0 Å². The molecule has 72 valence electrons. The van der Waals surface area contributed by atoms with Crippen LogP contribution in [0.2, 0.25) is 0 Å². The number of hydrogen-bond acceptors (Lipinski definition) is 3. The maximum Gasteiger partial charge on any atom is 0.145 e. The molecule has 4 N–H and O–H groups in total. The van der Waals surface area contributed by atoms with Gasteiger partial charge in [0.15, 0.2) is 0 Å². The van der Waals surface area contributed by atoms with Crippen molar-refractivity contribution in [2.24, 2.45) is 0 Å². The van der Waals surface area contributed by atoms with Crippen molar-refractivity contribution in [3.8, 4) is 0 Å². The lowest BCUT2D eigenvalue weighted by molar-refractivity contribution is 0.845. The van der Waals surface area contributed by atoms with Gasteiger partial charge in [0.1, 0.15) is 11.6 Å². The monoisotopic (exact) mass is 180 g/mol. The molecule has 0 radical (unpaired) electrons. The van der Waals surface area contributed by atoms with E-state index in [1.54, 1.807) is 4.68 Å². The molecule has 13 heavy (non-hydrogen) atoms. The van der Waals surface area contributed by atoms with Gasteiger partial charge in [0, 0.05) is 5.92 Å². The Labute approximate surface area is 77.9 Å². The number of nitrogen functional groups attached to an aromatic ring is 2. The van der Waals surface area contributed by atoms with E-state index in [1.807, 2.05) is 0 Å². The maximum absolute atomic E-state index is 5.83. The molecule has 1 aromatic heterocycles. The van der Waals surface area contributed by atoms with Gasteiger partial charge in [-0.05, 0) is 19.3 Å². The molecule has 0 atom stereocenters. The van der Waals surface area contributed by atoms with E-state index >= 15 is 0 Å². The smallest absolute Gasteiger partial charge is 0.145 e. The third-order valence-electron chi connectivity index (χ3n) is 2.48. The normalized spacial score (nSPS) is 16.4. The second-order valence-electron chi connectivity index (χ2n) is 3.70. The van der Waals surface area contributed by atoms with Crippen molar-refractivity contribution in [2.75, 3.05) is 11.6 Å². The van der Waals surface area contributed by atoms with Crippen molar-refractivity contribution >= 4 is 5.82 Å². The van der Waals surface area contributed by atoms with Gasteiger partial charge >= 0.3 is 0 Å². The molecule has 4 heteroatoms. The standard InChI is InChI=1S/C9H16N4/c1-2-3-7-8(10)13(11)9(12-7)6-4-5-6/h6H,2-5,10-11H2,1H3. The van der Waals surface area contributed by atoms with Gasteiger partial charge < -0.3 is 11.6 Å². The van der Waals surface area contributed by atoms with Gasteiger partial charge in [-0.1, -0.05) is 13.3 Å².